The average molecular weight is 265 g/mol. The van der Waals surface area contributed by atoms with E-state index in [0.29, 0.717) is 0 Å². The van der Waals surface area contributed by atoms with E-state index in [1.165, 1.54) is 12.1 Å². The molecule has 17 heavy (non-hydrogen) atoms. The van der Waals surface area contributed by atoms with Crippen LogP contribution in [-0.4, -0.2) is 17.0 Å². The van der Waals surface area contributed by atoms with Crippen LogP contribution < -0.4 is 0 Å². The number of benzene rings is 1. The predicted octanol–water partition coefficient (Wildman–Crippen LogP) is 3.23. The number of halogens is 4. The molecule has 0 aromatic heterocycles. The number of hydrogen-bond acceptors (Lipinski definition) is 1. The highest BCUT2D eigenvalue weighted by molar-refractivity contribution is 6.31. The standard InChI is InChI=1S/C11H8ClF3O2/c12-6-2-1-3-7(13)8(6)10(9(16)17)4-11(14,15)5-10/h1-3H,4-5H2,(H,16,17). The zero-order chi connectivity index (χ0) is 12.8. The third kappa shape index (κ3) is 1.78. The highest BCUT2D eigenvalue weighted by atomic mass is 35.5. The van der Waals surface area contributed by atoms with Crippen molar-refractivity contribution >= 4 is 17.6 Å². The van der Waals surface area contributed by atoms with E-state index in [9.17, 15) is 18.0 Å². The number of rotatable bonds is 2. The van der Waals surface area contributed by atoms with Crippen LogP contribution in [0.4, 0.5) is 13.2 Å². The molecule has 1 aliphatic carbocycles. The number of carbonyl (C=O) groups is 1. The highest BCUT2D eigenvalue weighted by Gasteiger charge is 2.63. The van der Waals surface area contributed by atoms with Gasteiger partial charge in [-0.1, -0.05) is 17.7 Å². The number of alkyl halides is 2. The minimum atomic E-state index is -3.08. The Hall–Kier alpha value is -1.23. The summed E-state index contributed by atoms with van der Waals surface area (Å²) in [6.07, 6.45) is -1.84. The largest absolute Gasteiger partial charge is 0.481 e. The summed E-state index contributed by atoms with van der Waals surface area (Å²) >= 11 is 5.72. The molecule has 0 saturated heterocycles. The van der Waals surface area contributed by atoms with E-state index in [2.05, 4.69) is 0 Å². The molecular weight excluding hydrogens is 257 g/mol. The van der Waals surface area contributed by atoms with Crippen LogP contribution in [0.2, 0.25) is 5.02 Å². The molecule has 1 fully saturated rings. The lowest BCUT2D eigenvalue weighted by Gasteiger charge is -2.44. The van der Waals surface area contributed by atoms with Crippen LogP contribution in [0, 0.1) is 5.82 Å². The predicted molar refractivity (Wildman–Crippen MR) is 54.9 cm³/mol. The van der Waals surface area contributed by atoms with Gasteiger partial charge >= 0.3 is 5.97 Å². The Kier molecular flexibility index (Phi) is 2.61. The summed E-state index contributed by atoms with van der Waals surface area (Å²) in [6.45, 7) is 0. The summed E-state index contributed by atoms with van der Waals surface area (Å²) in [6, 6.07) is 3.61. The van der Waals surface area contributed by atoms with Gasteiger partial charge in [-0.15, -0.1) is 0 Å². The fraction of sp³-hybridized carbons (Fsp3) is 0.364. The van der Waals surface area contributed by atoms with Crippen molar-refractivity contribution < 1.29 is 23.1 Å². The number of hydrogen-bond donors (Lipinski definition) is 1. The molecule has 1 aromatic carbocycles. The summed E-state index contributed by atoms with van der Waals surface area (Å²) in [5.74, 6) is -5.42. The molecule has 0 radical (unpaired) electrons. The van der Waals surface area contributed by atoms with Gasteiger partial charge in [0.15, 0.2) is 0 Å². The summed E-state index contributed by atoms with van der Waals surface area (Å²) < 4.78 is 39.4. The molecule has 6 heteroatoms. The fourth-order valence-corrected chi connectivity index (χ4v) is 2.57. The molecule has 0 spiro atoms. The maximum Gasteiger partial charge on any atom is 0.314 e. The maximum atomic E-state index is 13.6. The van der Waals surface area contributed by atoms with Gasteiger partial charge in [-0.25, -0.2) is 13.2 Å². The minimum absolute atomic E-state index is 0.136. The van der Waals surface area contributed by atoms with Gasteiger partial charge in [-0.3, -0.25) is 4.79 Å². The van der Waals surface area contributed by atoms with Gasteiger partial charge in [-0.2, -0.15) is 0 Å². The molecule has 2 nitrogen and oxygen atoms in total. The van der Waals surface area contributed by atoms with Crippen molar-refractivity contribution in [3.8, 4) is 0 Å². The number of aliphatic carboxylic acids is 1. The van der Waals surface area contributed by atoms with Crippen LogP contribution in [-0.2, 0) is 10.2 Å². The zero-order valence-corrected chi connectivity index (χ0v) is 9.27. The maximum absolute atomic E-state index is 13.6. The number of carboxylic acids is 1. The first-order chi connectivity index (χ1) is 7.78. The van der Waals surface area contributed by atoms with E-state index in [-0.39, 0.29) is 10.6 Å². The van der Waals surface area contributed by atoms with E-state index < -0.39 is 36.0 Å². The Morgan fingerprint density at radius 3 is 2.35 bits per heavy atom. The molecule has 1 aliphatic rings. The van der Waals surface area contributed by atoms with Crippen LogP contribution in [0.25, 0.3) is 0 Å². The van der Waals surface area contributed by atoms with Crippen LogP contribution in [0.15, 0.2) is 18.2 Å². The second-order valence-electron chi connectivity index (χ2n) is 4.19. The third-order valence-electron chi connectivity index (χ3n) is 2.97. The Labute approximate surface area is 100 Å². The van der Waals surface area contributed by atoms with Gasteiger partial charge in [0, 0.05) is 23.4 Å². The van der Waals surface area contributed by atoms with E-state index in [4.69, 9.17) is 16.7 Å². The Morgan fingerprint density at radius 1 is 1.35 bits per heavy atom. The zero-order valence-electron chi connectivity index (χ0n) is 8.51. The van der Waals surface area contributed by atoms with Crippen molar-refractivity contribution in [2.45, 2.75) is 24.2 Å². The second kappa shape index (κ2) is 3.63. The molecule has 0 amide bonds. The van der Waals surface area contributed by atoms with Crippen molar-refractivity contribution in [2.75, 3.05) is 0 Å². The van der Waals surface area contributed by atoms with Gasteiger partial charge in [0.05, 0.1) is 0 Å². The summed E-state index contributed by atoms with van der Waals surface area (Å²) in [5, 5.41) is 8.92. The molecule has 0 bridgehead atoms. The van der Waals surface area contributed by atoms with Crippen molar-refractivity contribution in [3.05, 3.63) is 34.6 Å². The molecule has 2 rings (SSSR count). The van der Waals surface area contributed by atoms with Crippen LogP contribution in [0.1, 0.15) is 18.4 Å². The first kappa shape index (κ1) is 12.2. The molecule has 1 aromatic rings. The van der Waals surface area contributed by atoms with Crippen LogP contribution in [0.5, 0.6) is 0 Å². The van der Waals surface area contributed by atoms with Crippen LogP contribution >= 0.6 is 11.6 Å². The van der Waals surface area contributed by atoms with E-state index in [1.54, 1.807) is 0 Å². The SMILES string of the molecule is O=C(O)C1(c2c(F)cccc2Cl)CC(F)(F)C1. The first-order valence-electron chi connectivity index (χ1n) is 4.84. The van der Waals surface area contributed by atoms with Crippen molar-refractivity contribution in [3.63, 3.8) is 0 Å². The van der Waals surface area contributed by atoms with Gasteiger partial charge in [0.1, 0.15) is 11.2 Å². The third-order valence-corrected chi connectivity index (χ3v) is 3.29. The molecule has 0 unspecified atom stereocenters. The van der Waals surface area contributed by atoms with Gasteiger partial charge in [0.2, 0.25) is 0 Å². The van der Waals surface area contributed by atoms with Crippen molar-refractivity contribution in [2.24, 2.45) is 0 Å². The summed E-state index contributed by atoms with van der Waals surface area (Å²) in [7, 11) is 0. The smallest absolute Gasteiger partial charge is 0.314 e. The minimum Gasteiger partial charge on any atom is -0.481 e. The highest BCUT2D eigenvalue weighted by Crippen LogP contribution is 2.55. The van der Waals surface area contributed by atoms with E-state index in [0.717, 1.165) is 6.07 Å². The Balaban J connectivity index is 2.53. The average Bonchev–Trinajstić information content (AvgIpc) is 2.13. The Morgan fingerprint density at radius 2 is 1.94 bits per heavy atom. The molecule has 0 atom stereocenters. The first-order valence-corrected chi connectivity index (χ1v) is 5.22. The monoisotopic (exact) mass is 264 g/mol. The fourth-order valence-electron chi connectivity index (χ4n) is 2.22. The summed E-state index contributed by atoms with van der Waals surface area (Å²) in [5.41, 5.74) is -2.26. The second-order valence-corrected chi connectivity index (χ2v) is 4.60. The topological polar surface area (TPSA) is 37.3 Å². The van der Waals surface area contributed by atoms with Gasteiger partial charge < -0.3 is 5.11 Å². The summed E-state index contributed by atoms with van der Waals surface area (Å²) in [4.78, 5) is 11.1. The molecule has 0 aliphatic heterocycles. The number of carboxylic acid groups (broad SMARTS) is 1. The molecule has 1 saturated carbocycles. The van der Waals surface area contributed by atoms with Gasteiger partial charge in [0.25, 0.3) is 5.92 Å². The molecule has 92 valence electrons. The lowest BCUT2D eigenvalue weighted by atomic mass is 9.62. The van der Waals surface area contributed by atoms with Crippen LogP contribution in [0.3, 0.4) is 0 Å². The molecule has 1 N–H and O–H groups in total. The lowest BCUT2D eigenvalue weighted by Crippen LogP contribution is -2.55. The molecule has 0 heterocycles. The van der Waals surface area contributed by atoms with Crippen molar-refractivity contribution in [1.82, 2.24) is 0 Å². The molecular formula is C11H8ClF3O2. The van der Waals surface area contributed by atoms with Crippen molar-refractivity contribution in [1.29, 1.82) is 0 Å². The lowest BCUT2D eigenvalue weighted by molar-refractivity contribution is -0.174. The van der Waals surface area contributed by atoms with E-state index >= 15 is 0 Å². The normalized spacial score (nSPS) is 20.7. The van der Waals surface area contributed by atoms with Gasteiger partial charge in [-0.05, 0) is 12.1 Å². The van der Waals surface area contributed by atoms with E-state index in [1.807, 2.05) is 0 Å². The Bertz CT molecular complexity index is 459. The quantitative estimate of drug-likeness (QED) is 0.890.